The molecule has 0 amide bonds. The maximum absolute atomic E-state index is 2.28. The van der Waals surface area contributed by atoms with Gasteiger partial charge in [0.2, 0.25) is 0 Å². The second-order valence-corrected chi connectivity index (χ2v) is 9.99. The van der Waals surface area contributed by atoms with Gasteiger partial charge in [-0.2, -0.15) is 0 Å². The molecular weight excluding hydrogens is 423 g/mol. The molecular formula is C14H14Te2. The van der Waals surface area contributed by atoms with Crippen molar-refractivity contribution in [1.29, 1.82) is 0 Å². The fraction of sp³-hybridized carbons (Fsp3) is 0.143. The normalized spacial score (nSPS) is 10.2. The Labute approximate surface area is 118 Å². The molecule has 0 unspecified atom stereocenters. The van der Waals surface area contributed by atoms with Gasteiger partial charge in [0.25, 0.3) is 0 Å². The SMILES string of the molecule is c1ccc([Te]CC[Te]c2ccccc2)cc1. The van der Waals surface area contributed by atoms with Gasteiger partial charge < -0.3 is 0 Å². The summed E-state index contributed by atoms with van der Waals surface area (Å²) in [5, 5.41) is 0. The van der Waals surface area contributed by atoms with Crippen LogP contribution in [0.5, 0.6) is 0 Å². The Morgan fingerprint density at radius 1 is 0.562 bits per heavy atom. The molecule has 0 N–H and O–H groups in total. The van der Waals surface area contributed by atoms with E-state index in [9.17, 15) is 0 Å². The molecule has 2 aromatic rings. The summed E-state index contributed by atoms with van der Waals surface area (Å²) in [5.74, 6) is 0. The minimum atomic E-state index is 0.0839. The van der Waals surface area contributed by atoms with Crippen molar-refractivity contribution in [1.82, 2.24) is 0 Å². The number of rotatable bonds is 5. The Morgan fingerprint density at radius 2 is 0.938 bits per heavy atom. The second kappa shape index (κ2) is 7.37. The average molecular weight is 437 g/mol. The molecule has 0 heterocycles. The second-order valence-electron chi connectivity index (χ2n) is 3.32. The van der Waals surface area contributed by atoms with Crippen molar-refractivity contribution in [2.75, 3.05) is 0 Å². The summed E-state index contributed by atoms with van der Waals surface area (Å²) in [4.78, 5) is 0. The van der Waals surface area contributed by atoms with Gasteiger partial charge in [-0.1, -0.05) is 0 Å². The number of hydrogen-bond donors (Lipinski definition) is 0. The van der Waals surface area contributed by atoms with Crippen molar-refractivity contribution < 1.29 is 0 Å². The Hall–Kier alpha value is 0.0192. The average Bonchev–Trinajstić information content (AvgIpc) is 2.37. The van der Waals surface area contributed by atoms with Crippen LogP contribution in [0.2, 0.25) is 8.94 Å². The molecule has 0 radical (unpaired) electrons. The van der Waals surface area contributed by atoms with Gasteiger partial charge in [-0.3, -0.25) is 0 Å². The summed E-state index contributed by atoms with van der Waals surface area (Å²) in [6.45, 7) is 0. The molecule has 0 aliphatic carbocycles. The van der Waals surface area contributed by atoms with Gasteiger partial charge in [-0.05, 0) is 0 Å². The van der Waals surface area contributed by atoms with Crippen LogP contribution >= 0.6 is 0 Å². The first kappa shape index (κ1) is 12.5. The fourth-order valence-electron chi connectivity index (χ4n) is 1.35. The molecule has 0 aliphatic heterocycles. The third-order valence-corrected chi connectivity index (χ3v) is 10.4. The Morgan fingerprint density at radius 3 is 1.31 bits per heavy atom. The molecule has 0 aromatic heterocycles. The van der Waals surface area contributed by atoms with Crippen molar-refractivity contribution in [3.63, 3.8) is 0 Å². The summed E-state index contributed by atoms with van der Waals surface area (Å²) in [7, 11) is 0. The molecule has 0 saturated carbocycles. The first-order valence-electron chi connectivity index (χ1n) is 5.31. The molecule has 2 heteroatoms. The standard InChI is InChI=1S/C14H14Te2/c1-3-7-13(8-4-1)15-11-12-16-14-9-5-2-6-10-14/h1-10H,11-12H2. The number of hydrogen-bond acceptors (Lipinski definition) is 0. The Bertz CT molecular complexity index is 356. The summed E-state index contributed by atoms with van der Waals surface area (Å²) in [5.41, 5.74) is 0. The van der Waals surface area contributed by atoms with Crippen molar-refractivity contribution >= 4 is 49.1 Å². The van der Waals surface area contributed by atoms with E-state index in [1.165, 1.54) is 8.94 Å². The van der Waals surface area contributed by atoms with E-state index >= 15 is 0 Å². The van der Waals surface area contributed by atoms with Crippen LogP contribution in [0.4, 0.5) is 0 Å². The van der Waals surface area contributed by atoms with Crippen LogP contribution < -0.4 is 7.22 Å². The zero-order valence-electron chi connectivity index (χ0n) is 9.00. The van der Waals surface area contributed by atoms with Crippen LogP contribution in [0.15, 0.2) is 60.7 Å². The predicted molar refractivity (Wildman–Crippen MR) is 73.3 cm³/mol. The first-order chi connectivity index (χ1) is 7.95. The van der Waals surface area contributed by atoms with E-state index in [-0.39, 0.29) is 41.8 Å². The van der Waals surface area contributed by atoms with Crippen LogP contribution in [0, 0.1) is 0 Å². The molecule has 0 aliphatic rings. The van der Waals surface area contributed by atoms with E-state index in [1.54, 1.807) is 7.22 Å². The van der Waals surface area contributed by atoms with Crippen LogP contribution in [0.25, 0.3) is 0 Å². The van der Waals surface area contributed by atoms with Crippen LogP contribution in [-0.4, -0.2) is 41.8 Å². The van der Waals surface area contributed by atoms with E-state index in [1.807, 2.05) is 0 Å². The molecule has 0 saturated heterocycles. The molecule has 0 nitrogen and oxygen atoms in total. The monoisotopic (exact) mass is 442 g/mol. The van der Waals surface area contributed by atoms with Crippen LogP contribution in [-0.2, 0) is 0 Å². The van der Waals surface area contributed by atoms with Crippen molar-refractivity contribution in [2.45, 2.75) is 8.94 Å². The van der Waals surface area contributed by atoms with E-state index in [0.717, 1.165) is 0 Å². The van der Waals surface area contributed by atoms with Crippen molar-refractivity contribution in [3.8, 4) is 0 Å². The van der Waals surface area contributed by atoms with Gasteiger partial charge in [-0.15, -0.1) is 0 Å². The molecule has 82 valence electrons. The van der Waals surface area contributed by atoms with Gasteiger partial charge in [0, 0.05) is 0 Å². The third kappa shape index (κ3) is 4.48. The summed E-state index contributed by atoms with van der Waals surface area (Å²) >= 11 is 0.168. The number of benzene rings is 2. The molecule has 16 heavy (non-hydrogen) atoms. The Balaban J connectivity index is 1.70. The molecule has 0 spiro atoms. The van der Waals surface area contributed by atoms with Gasteiger partial charge in [0.1, 0.15) is 0 Å². The summed E-state index contributed by atoms with van der Waals surface area (Å²) in [6.07, 6.45) is 0. The molecule has 0 fully saturated rings. The molecule has 0 atom stereocenters. The Kier molecular flexibility index (Phi) is 5.74. The zero-order chi connectivity index (χ0) is 11.1. The van der Waals surface area contributed by atoms with E-state index in [0.29, 0.717) is 0 Å². The third-order valence-electron chi connectivity index (χ3n) is 2.11. The maximum atomic E-state index is 2.28. The summed E-state index contributed by atoms with van der Waals surface area (Å²) in [6, 6.07) is 22.0. The topological polar surface area (TPSA) is 0 Å². The molecule has 2 rings (SSSR count). The van der Waals surface area contributed by atoms with Gasteiger partial charge in [0.15, 0.2) is 0 Å². The van der Waals surface area contributed by atoms with Crippen LogP contribution in [0.3, 0.4) is 0 Å². The zero-order valence-corrected chi connectivity index (χ0v) is 13.7. The molecule has 0 bridgehead atoms. The minimum absolute atomic E-state index is 0.0839. The van der Waals surface area contributed by atoms with E-state index in [2.05, 4.69) is 60.7 Å². The van der Waals surface area contributed by atoms with E-state index in [4.69, 9.17) is 0 Å². The van der Waals surface area contributed by atoms with E-state index < -0.39 is 0 Å². The predicted octanol–water partition coefficient (Wildman–Crippen LogP) is 1.88. The van der Waals surface area contributed by atoms with Crippen molar-refractivity contribution in [2.24, 2.45) is 0 Å². The fourth-order valence-corrected chi connectivity index (χ4v) is 8.36. The summed E-state index contributed by atoms with van der Waals surface area (Å²) < 4.78 is 6.14. The van der Waals surface area contributed by atoms with Gasteiger partial charge >= 0.3 is 119 Å². The van der Waals surface area contributed by atoms with Crippen molar-refractivity contribution in [3.05, 3.63) is 60.7 Å². The van der Waals surface area contributed by atoms with Gasteiger partial charge in [0.05, 0.1) is 0 Å². The van der Waals surface area contributed by atoms with Gasteiger partial charge in [-0.25, -0.2) is 0 Å². The first-order valence-corrected chi connectivity index (χ1v) is 10.9. The van der Waals surface area contributed by atoms with Crippen LogP contribution in [0.1, 0.15) is 0 Å². The molecule has 2 aromatic carbocycles. The quantitative estimate of drug-likeness (QED) is 0.495.